The van der Waals surface area contributed by atoms with Gasteiger partial charge in [-0.3, -0.25) is 9.59 Å². The highest BCUT2D eigenvalue weighted by molar-refractivity contribution is 5.88. The lowest BCUT2D eigenvalue weighted by Crippen LogP contribution is -2.51. The number of ether oxygens (including phenoxy) is 1. The van der Waals surface area contributed by atoms with Crippen LogP contribution in [0.2, 0.25) is 0 Å². The van der Waals surface area contributed by atoms with Gasteiger partial charge in [0.25, 0.3) is 5.91 Å². The van der Waals surface area contributed by atoms with Crippen molar-refractivity contribution in [3.63, 3.8) is 0 Å². The van der Waals surface area contributed by atoms with Crippen LogP contribution in [0.3, 0.4) is 0 Å². The maximum Gasteiger partial charge on any atom is 0.261 e. The largest absolute Gasteiger partial charge is 0.484 e. The Hall–Kier alpha value is -3.60. The topological polar surface area (TPSA) is 58.6 Å². The molecule has 0 saturated carbocycles. The molecular weight excluding hydrogens is 412 g/mol. The van der Waals surface area contributed by atoms with E-state index in [2.05, 4.69) is 11.4 Å². The highest BCUT2D eigenvalue weighted by Crippen LogP contribution is 2.18. The molecule has 0 aromatic heterocycles. The predicted molar refractivity (Wildman–Crippen MR) is 131 cm³/mol. The summed E-state index contributed by atoms with van der Waals surface area (Å²) in [5, 5.41) is 2.73. The molecule has 5 nitrogen and oxygen atoms in total. The Morgan fingerprint density at radius 3 is 2.09 bits per heavy atom. The summed E-state index contributed by atoms with van der Waals surface area (Å²) in [6.07, 6.45) is 0.418. The van der Waals surface area contributed by atoms with E-state index in [4.69, 9.17) is 4.74 Å². The minimum Gasteiger partial charge on any atom is -0.484 e. The van der Waals surface area contributed by atoms with Crippen molar-refractivity contribution in [1.82, 2.24) is 10.2 Å². The van der Waals surface area contributed by atoms with E-state index < -0.39 is 6.04 Å². The minimum atomic E-state index is -0.658. The van der Waals surface area contributed by atoms with Gasteiger partial charge in [-0.05, 0) is 55.2 Å². The Labute approximate surface area is 196 Å². The van der Waals surface area contributed by atoms with Crippen LogP contribution in [0.1, 0.15) is 27.8 Å². The van der Waals surface area contributed by atoms with Gasteiger partial charge in [0.2, 0.25) is 5.91 Å². The van der Waals surface area contributed by atoms with Crippen LogP contribution in [-0.4, -0.2) is 36.4 Å². The van der Waals surface area contributed by atoms with Crippen molar-refractivity contribution in [1.29, 1.82) is 0 Å². The molecule has 0 aliphatic heterocycles. The number of hydrogen-bond acceptors (Lipinski definition) is 3. The van der Waals surface area contributed by atoms with Crippen molar-refractivity contribution in [2.45, 2.75) is 39.8 Å². The SMILES string of the molecule is CNC(=O)C(Cc1ccccc1)N(Cc1ccc(C)cc1)C(=O)COc1cc(C)cc(C)c1. The van der Waals surface area contributed by atoms with Crippen molar-refractivity contribution in [2.24, 2.45) is 0 Å². The quantitative estimate of drug-likeness (QED) is 0.533. The van der Waals surface area contributed by atoms with E-state index in [1.807, 2.05) is 87.5 Å². The van der Waals surface area contributed by atoms with Gasteiger partial charge >= 0.3 is 0 Å². The van der Waals surface area contributed by atoms with Crippen molar-refractivity contribution in [3.8, 4) is 5.75 Å². The third-order valence-electron chi connectivity index (χ3n) is 5.55. The van der Waals surface area contributed by atoms with Gasteiger partial charge in [-0.25, -0.2) is 0 Å². The van der Waals surface area contributed by atoms with Crippen LogP contribution in [0.25, 0.3) is 0 Å². The fourth-order valence-corrected chi connectivity index (χ4v) is 3.85. The van der Waals surface area contributed by atoms with Crippen LogP contribution < -0.4 is 10.1 Å². The van der Waals surface area contributed by atoms with Gasteiger partial charge in [-0.15, -0.1) is 0 Å². The number of amides is 2. The molecule has 0 spiro atoms. The normalized spacial score (nSPS) is 11.5. The lowest BCUT2D eigenvalue weighted by Gasteiger charge is -2.31. The van der Waals surface area contributed by atoms with E-state index in [1.165, 1.54) is 0 Å². The van der Waals surface area contributed by atoms with E-state index >= 15 is 0 Å². The first kappa shape index (κ1) is 24.1. The molecule has 1 atom stereocenters. The number of nitrogens with one attached hydrogen (secondary N) is 1. The third-order valence-corrected chi connectivity index (χ3v) is 5.55. The summed E-state index contributed by atoms with van der Waals surface area (Å²) in [6.45, 7) is 6.18. The summed E-state index contributed by atoms with van der Waals surface area (Å²) in [4.78, 5) is 28.0. The predicted octanol–water partition coefficient (Wildman–Crippen LogP) is 4.38. The second-order valence-electron chi connectivity index (χ2n) is 8.44. The van der Waals surface area contributed by atoms with Gasteiger partial charge in [0, 0.05) is 20.0 Å². The Morgan fingerprint density at radius 1 is 0.848 bits per heavy atom. The van der Waals surface area contributed by atoms with Gasteiger partial charge in [-0.2, -0.15) is 0 Å². The van der Waals surface area contributed by atoms with E-state index in [-0.39, 0.29) is 18.4 Å². The third kappa shape index (κ3) is 6.94. The van der Waals surface area contributed by atoms with Gasteiger partial charge < -0.3 is 15.0 Å². The molecule has 0 radical (unpaired) electrons. The molecule has 1 N–H and O–H groups in total. The highest BCUT2D eigenvalue weighted by atomic mass is 16.5. The first-order valence-corrected chi connectivity index (χ1v) is 11.2. The molecule has 33 heavy (non-hydrogen) atoms. The molecular formula is C28H32N2O3. The molecule has 0 heterocycles. The van der Waals surface area contributed by atoms with Crippen LogP contribution in [0, 0.1) is 20.8 Å². The number of carbonyl (C=O) groups is 2. The number of hydrogen-bond donors (Lipinski definition) is 1. The molecule has 0 saturated heterocycles. The van der Waals surface area contributed by atoms with Crippen molar-refractivity contribution < 1.29 is 14.3 Å². The van der Waals surface area contributed by atoms with Gasteiger partial charge in [0.15, 0.2) is 6.61 Å². The minimum absolute atomic E-state index is 0.142. The molecule has 0 fully saturated rings. The summed E-state index contributed by atoms with van der Waals surface area (Å²) in [5.41, 5.74) is 5.23. The van der Waals surface area contributed by atoms with E-state index in [0.717, 1.165) is 27.8 Å². The molecule has 2 amide bonds. The molecule has 3 aromatic rings. The number of rotatable bonds is 9. The number of aryl methyl sites for hydroxylation is 3. The van der Waals surface area contributed by atoms with E-state index in [0.29, 0.717) is 18.7 Å². The van der Waals surface area contributed by atoms with Crippen molar-refractivity contribution in [2.75, 3.05) is 13.7 Å². The first-order chi connectivity index (χ1) is 15.9. The van der Waals surface area contributed by atoms with Crippen LogP contribution in [0.5, 0.6) is 5.75 Å². The van der Waals surface area contributed by atoms with Crippen molar-refractivity contribution >= 4 is 11.8 Å². The molecule has 172 valence electrons. The summed E-state index contributed by atoms with van der Waals surface area (Å²) in [5.74, 6) is 0.209. The summed E-state index contributed by atoms with van der Waals surface area (Å²) in [7, 11) is 1.60. The van der Waals surface area contributed by atoms with E-state index in [1.54, 1.807) is 11.9 Å². The lowest BCUT2D eigenvalue weighted by molar-refractivity contribution is -0.142. The Bertz CT molecular complexity index is 1060. The standard InChI is InChI=1S/C28H32N2O3/c1-20-10-12-24(13-11-20)18-30(26(28(32)29-4)17-23-8-6-5-7-9-23)27(31)19-33-25-15-21(2)14-22(3)16-25/h5-16,26H,17-19H2,1-4H3,(H,29,32). The van der Waals surface area contributed by atoms with Crippen LogP contribution >= 0.6 is 0 Å². The maximum atomic E-state index is 13.4. The fraction of sp³-hybridized carbons (Fsp3) is 0.286. The van der Waals surface area contributed by atoms with Gasteiger partial charge in [0.1, 0.15) is 11.8 Å². The highest BCUT2D eigenvalue weighted by Gasteiger charge is 2.30. The fourth-order valence-electron chi connectivity index (χ4n) is 3.85. The second-order valence-corrected chi connectivity index (χ2v) is 8.44. The zero-order valence-corrected chi connectivity index (χ0v) is 19.8. The zero-order chi connectivity index (χ0) is 23.8. The molecule has 0 bridgehead atoms. The molecule has 0 aliphatic rings. The maximum absolute atomic E-state index is 13.4. The number of benzene rings is 3. The zero-order valence-electron chi connectivity index (χ0n) is 19.8. The monoisotopic (exact) mass is 444 g/mol. The number of nitrogens with zero attached hydrogens (tertiary/aromatic N) is 1. The smallest absolute Gasteiger partial charge is 0.261 e. The lowest BCUT2D eigenvalue weighted by atomic mass is 10.0. The summed E-state index contributed by atoms with van der Waals surface area (Å²) >= 11 is 0. The van der Waals surface area contributed by atoms with Crippen LogP contribution in [-0.2, 0) is 22.6 Å². The average molecular weight is 445 g/mol. The molecule has 3 rings (SSSR count). The first-order valence-electron chi connectivity index (χ1n) is 11.2. The Kier molecular flexibility index (Phi) is 8.25. The summed E-state index contributed by atoms with van der Waals surface area (Å²) in [6, 6.07) is 23.0. The molecule has 1 unspecified atom stereocenters. The number of carbonyl (C=O) groups excluding carboxylic acids is 2. The molecule has 0 aliphatic carbocycles. The number of likely N-dealkylation sites (N-methyl/N-ethyl adjacent to an activating group) is 1. The summed E-state index contributed by atoms with van der Waals surface area (Å²) < 4.78 is 5.86. The van der Waals surface area contributed by atoms with Crippen molar-refractivity contribution in [3.05, 3.63) is 101 Å². The van der Waals surface area contributed by atoms with Gasteiger partial charge in [0.05, 0.1) is 0 Å². The van der Waals surface area contributed by atoms with Gasteiger partial charge in [-0.1, -0.05) is 66.2 Å². The average Bonchev–Trinajstić information content (AvgIpc) is 2.80. The Balaban J connectivity index is 1.87. The molecule has 3 aromatic carbocycles. The Morgan fingerprint density at radius 2 is 1.48 bits per heavy atom. The second kappa shape index (κ2) is 11.3. The van der Waals surface area contributed by atoms with Crippen LogP contribution in [0.4, 0.5) is 0 Å². The van der Waals surface area contributed by atoms with Crippen LogP contribution in [0.15, 0.2) is 72.8 Å². The molecule has 5 heteroatoms. The van der Waals surface area contributed by atoms with E-state index in [9.17, 15) is 9.59 Å².